The number of carboxylic acid groups (broad SMARTS) is 1. The molecular weight excluding hydrogens is 260 g/mol. The zero-order chi connectivity index (χ0) is 14.4. The molecule has 0 amide bonds. The van der Waals surface area contributed by atoms with Crippen LogP contribution in [0.2, 0.25) is 0 Å². The molecule has 5 nitrogen and oxygen atoms in total. The normalized spacial score (nSPS) is 10.4. The molecule has 0 spiro atoms. The van der Waals surface area contributed by atoms with Crippen LogP contribution in [-0.4, -0.2) is 24.0 Å². The van der Waals surface area contributed by atoms with Gasteiger partial charge in [-0.25, -0.2) is 4.79 Å². The van der Waals surface area contributed by atoms with E-state index in [1.54, 1.807) is 6.07 Å². The van der Waals surface area contributed by atoms with Crippen molar-refractivity contribution in [2.75, 3.05) is 0 Å². The first kappa shape index (κ1) is 14.3. The molecule has 0 heterocycles. The first-order valence-corrected chi connectivity index (χ1v) is 4.87. The fourth-order valence-electron chi connectivity index (χ4n) is 1.33. The van der Waals surface area contributed by atoms with Crippen molar-refractivity contribution in [3.05, 3.63) is 34.9 Å². The SMILES string of the molecule is N#Cc1cc(C=O)cc(/C=C/C(=O)O)c1OC(F)F. The number of benzene rings is 1. The van der Waals surface area contributed by atoms with Gasteiger partial charge in [0.05, 0.1) is 5.56 Å². The van der Waals surface area contributed by atoms with E-state index in [-0.39, 0.29) is 16.7 Å². The number of alkyl halides is 2. The molecule has 1 rings (SSSR count). The molecule has 0 unspecified atom stereocenters. The van der Waals surface area contributed by atoms with Gasteiger partial charge >= 0.3 is 12.6 Å². The molecule has 98 valence electrons. The summed E-state index contributed by atoms with van der Waals surface area (Å²) in [5.74, 6) is -1.78. The lowest BCUT2D eigenvalue weighted by Crippen LogP contribution is -2.06. The highest BCUT2D eigenvalue weighted by Gasteiger charge is 2.15. The van der Waals surface area contributed by atoms with Crippen molar-refractivity contribution in [2.45, 2.75) is 6.61 Å². The number of hydrogen-bond donors (Lipinski definition) is 1. The van der Waals surface area contributed by atoms with Gasteiger partial charge < -0.3 is 9.84 Å². The van der Waals surface area contributed by atoms with Crippen molar-refractivity contribution in [1.29, 1.82) is 5.26 Å². The Hall–Kier alpha value is -2.75. The van der Waals surface area contributed by atoms with Crippen LogP contribution in [0.25, 0.3) is 6.08 Å². The molecular formula is C12H7F2NO4. The maximum Gasteiger partial charge on any atom is 0.387 e. The molecule has 0 aromatic heterocycles. The van der Waals surface area contributed by atoms with Crippen molar-refractivity contribution >= 4 is 18.3 Å². The Morgan fingerprint density at radius 2 is 2.16 bits per heavy atom. The summed E-state index contributed by atoms with van der Waals surface area (Å²) in [6.45, 7) is -3.17. The number of nitriles is 1. The lowest BCUT2D eigenvalue weighted by Gasteiger charge is -2.10. The van der Waals surface area contributed by atoms with E-state index in [1.165, 1.54) is 0 Å². The van der Waals surface area contributed by atoms with Crippen molar-refractivity contribution in [2.24, 2.45) is 0 Å². The van der Waals surface area contributed by atoms with E-state index >= 15 is 0 Å². The fraction of sp³-hybridized carbons (Fsp3) is 0.0833. The monoisotopic (exact) mass is 267 g/mol. The van der Waals surface area contributed by atoms with Gasteiger partial charge in [0.2, 0.25) is 0 Å². The highest BCUT2D eigenvalue weighted by molar-refractivity contribution is 5.87. The minimum Gasteiger partial charge on any atom is -0.478 e. The third-order valence-corrected chi connectivity index (χ3v) is 2.01. The number of carbonyl (C=O) groups excluding carboxylic acids is 1. The van der Waals surface area contributed by atoms with Crippen LogP contribution in [0.3, 0.4) is 0 Å². The molecule has 0 saturated carbocycles. The van der Waals surface area contributed by atoms with E-state index in [1.807, 2.05) is 0 Å². The first-order valence-electron chi connectivity index (χ1n) is 4.87. The Balaban J connectivity index is 3.41. The quantitative estimate of drug-likeness (QED) is 0.651. The van der Waals surface area contributed by atoms with Gasteiger partial charge in [-0.05, 0) is 18.2 Å². The summed E-state index contributed by atoms with van der Waals surface area (Å²) in [5, 5.41) is 17.3. The number of nitrogens with zero attached hydrogens (tertiary/aromatic N) is 1. The molecule has 7 heteroatoms. The minimum absolute atomic E-state index is 0.0446. The Kier molecular flexibility index (Phi) is 4.71. The molecule has 0 aliphatic heterocycles. The molecule has 1 N–H and O–H groups in total. The topological polar surface area (TPSA) is 87.4 Å². The Bertz CT molecular complexity index is 576. The number of halogens is 2. The van der Waals surface area contributed by atoms with E-state index in [0.29, 0.717) is 12.4 Å². The van der Waals surface area contributed by atoms with Crippen LogP contribution < -0.4 is 4.74 Å². The van der Waals surface area contributed by atoms with Gasteiger partial charge in [-0.1, -0.05) is 0 Å². The van der Waals surface area contributed by atoms with Gasteiger partial charge in [0.1, 0.15) is 12.4 Å². The van der Waals surface area contributed by atoms with Gasteiger partial charge in [-0.3, -0.25) is 4.79 Å². The minimum atomic E-state index is -3.17. The van der Waals surface area contributed by atoms with Crippen molar-refractivity contribution in [1.82, 2.24) is 0 Å². The number of carboxylic acids is 1. The maximum absolute atomic E-state index is 12.3. The van der Waals surface area contributed by atoms with Crippen LogP contribution >= 0.6 is 0 Å². The standard InChI is InChI=1S/C12H7F2NO4/c13-12(14)19-11-8(1-2-10(17)18)3-7(6-16)4-9(11)5-15/h1-4,6,12H,(H,17,18)/b2-1+. The first-order chi connectivity index (χ1) is 8.97. The molecule has 0 saturated heterocycles. The summed E-state index contributed by atoms with van der Waals surface area (Å²) in [5.41, 5.74) is -0.331. The number of ether oxygens (including phenoxy) is 1. The summed E-state index contributed by atoms with van der Waals surface area (Å²) in [7, 11) is 0. The summed E-state index contributed by atoms with van der Waals surface area (Å²) in [6, 6.07) is 3.82. The van der Waals surface area contributed by atoms with Crippen LogP contribution in [0.5, 0.6) is 5.75 Å². The average Bonchev–Trinajstić information content (AvgIpc) is 2.36. The number of carbonyl (C=O) groups is 2. The predicted octanol–water partition coefficient (Wildman–Crippen LogP) is 2.07. The van der Waals surface area contributed by atoms with Gasteiger partial charge in [0.25, 0.3) is 0 Å². The lowest BCUT2D eigenvalue weighted by molar-refractivity contribution is -0.131. The zero-order valence-corrected chi connectivity index (χ0v) is 9.34. The number of aldehydes is 1. The van der Waals surface area contributed by atoms with Crippen molar-refractivity contribution in [3.8, 4) is 11.8 Å². The Labute approximate surface area is 106 Å². The second kappa shape index (κ2) is 6.26. The smallest absolute Gasteiger partial charge is 0.387 e. The van der Waals surface area contributed by atoms with E-state index in [9.17, 15) is 18.4 Å². The van der Waals surface area contributed by atoms with Gasteiger partial charge in [-0.15, -0.1) is 0 Å². The Morgan fingerprint density at radius 3 is 2.63 bits per heavy atom. The van der Waals surface area contributed by atoms with Crippen LogP contribution in [0, 0.1) is 11.3 Å². The number of aliphatic carboxylic acids is 1. The fourth-order valence-corrected chi connectivity index (χ4v) is 1.33. The molecule has 0 atom stereocenters. The second-order valence-electron chi connectivity index (χ2n) is 3.27. The highest BCUT2D eigenvalue weighted by atomic mass is 19.3. The number of hydrogen-bond acceptors (Lipinski definition) is 4. The summed E-state index contributed by atoms with van der Waals surface area (Å²) >= 11 is 0. The van der Waals surface area contributed by atoms with Crippen molar-refractivity contribution in [3.63, 3.8) is 0 Å². The molecule has 0 fully saturated rings. The molecule has 0 bridgehead atoms. The lowest BCUT2D eigenvalue weighted by atomic mass is 10.0. The maximum atomic E-state index is 12.3. The third-order valence-electron chi connectivity index (χ3n) is 2.01. The van der Waals surface area contributed by atoms with Crippen molar-refractivity contribution < 1.29 is 28.2 Å². The van der Waals surface area contributed by atoms with Crippen LogP contribution in [0.15, 0.2) is 18.2 Å². The van der Waals surface area contributed by atoms with Crippen LogP contribution in [0.4, 0.5) is 8.78 Å². The molecule has 19 heavy (non-hydrogen) atoms. The summed E-state index contributed by atoms with van der Waals surface area (Å²) < 4.78 is 28.7. The summed E-state index contributed by atoms with van der Waals surface area (Å²) in [4.78, 5) is 21.1. The molecule has 1 aromatic carbocycles. The average molecular weight is 267 g/mol. The van der Waals surface area contributed by atoms with E-state index in [4.69, 9.17) is 10.4 Å². The highest BCUT2D eigenvalue weighted by Crippen LogP contribution is 2.28. The molecule has 0 aliphatic rings. The van der Waals surface area contributed by atoms with Crippen LogP contribution in [-0.2, 0) is 4.79 Å². The summed E-state index contributed by atoms with van der Waals surface area (Å²) in [6.07, 6.45) is 2.06. The molecule has 1 aromatic rings. The second-order valence-corrected chi connectivity index (χ2v) is 3.27. The zero-order valence-electron chi connectivity index (χ0n) is 9.34. The largest absolute Gasteiger partial charge is 0.478 e. The Morgan fingerprint density at radius 1 is 1.47 bits per heavy atom. The van der Waals surface area contributed by atoms with E-state index in [0.717, 1.165) is 18.2 Å². The van der Waals surface area contributed by atoms with E-state index < -0.39 is 18.3 Å². The van der Waals surface area contributed by atoms with Crippen LogP contribution in [0.1, 0.15) is 21.5 Å². The predicted molar refractivity (Wildman–Crippen MR) is 59.8 cm³/mol. The third kappa shape index (κ3) is 3.89. The van der Waals surface area contributed by atoms with E-state index in [2.05, 4.69) is 4.74 Å². The van der Waals surface area contributed by atoms with Gasteiger partial charge in [0, 0.05) is 17.2 Å². The number of rotatable bonds is 5. The van der Waals surface area contributed by atoms with Gasteiger partial charge in [0.15, 0.2) is 5.75 Å². The van der Waals surface area contributed by atoms with Gasteiger partial charge in [-0.2, -0.15) is 14.0 Å². The molecule has 0 aliphatic carbocycles. The molecule has 0 radical (unpaired) electrons.